The molecule has 4 N–H and O–H groups in total. The molecule has 1 fully saturated rings. The normalized spacial score (nSPS) is 18.6. The molecule has 6 heteroatoms. The van der Waals surface area contributed by atoms with Gasteiger partial charge in [-0.25, -0.2) is 13.6 Å². The number of rotatable bonds is 6. The Morgan fingerprint density at radius 3 is 2.29 bits per heavy atom. The molecule has 0 spiro atoms. The number of hydrogen-bond donors (Lipinski definition) is 3. The molecule has 118 valence electrons. The Morgan fingerprint density at radius 1 is 1.14 bits per heavy atom. The van der Waals surface area contributed by atoms with E-state index in [0.717, 1.165) is 24.9 Å². The number of sulfonamides is 1. The number of nitrogens with two attached hydrogens (primary N) is 1. The van der Waals surface area contributed by atoms with Gasteiger partial charge >= 0.3 is 0 Å². The van der Waals surface area contributed by atoms with E-state index in [2.05, 4.69) is 5.32 Å². The van der Waals surface area contributed by atoms with E-state index in [0.29, 0.717) is 6.54 Å². The average molecular weight is 312 g/mol. The smallest absolute Gasteiger partial charge is 0.238 e. The van der Waals surface area contributed by atoms with Crippen LogP contribution in [0.25, 0.3) is 0 Å². The highest BCUT2D eigenvalue weighted by Crippen LogP contribution is 2.35. The zero-order valence-electron chi connectivity index (χ0n) is 12.2. The molecule has 2 rings (SSSR count). The first-order chi connectivity index (χ1) is 9.95. The Bertz CT molecular complexity index is 549. The van der Waals surface area contributed by atoms with Crippen LogP contribution in [0.15, 0.2) is 29.2 Å². The monoisotopic (exact) mass is 312 g/mol. The van der Waals surface area contributed by atoms with E-state index in [1.807, 2.05) is 0 Å². The maximum absolute atomic E-state index is 11.2. The summed E-state index contributed by atoms with van der Waals surface area (Å²) in [5.74, 6) is 0. The maximum atomic E-state index is 11.2. The predicted molar refractivity (Wildman–Crippen MR) is 82.1 cm³/mol. The predicted octanol–water partition coefficient (Wildman–Crippen LogP) is 1.37. The zero-order valence-corrected chi connectivity index (χ0v) is 13.0. The Morgan fingerprint density at radius 2 is 1.76 bits per heavy atom. The molecule has 1 aliphatic rings. The molecule has 0 atom stereocenters. The van der Waals surface area contributed by atoms with Crippen LogP contribution in [0.5, 0.6) is 0 Å². The second kappa shape index (κ2) is 6.87. The molecule has 1 aromatic rings. The molecule has 0 unspecified atom stereocenters. The number of benzene rings is 1. The van der Waals surface area contributed by atoms with Gasteiger partial charge in [0.05, 0.1) is 4.90 Å². The first-order valence-corrected chi connectivity index (χ1v) is 8.93. The van der Waals surface area contributed by atoms with Crippen LogP contribution in [0, 0.1) is 5.41 Å². The Balaban J connectivity index is 1.88. The molecule has 5 nitrogen and oxygen atoms in total. The zero-order chi connectivity index (χ0) is 15.3. The topological polar surface area (TPSA) is 92.4 Å². The van der Waals surface area contributed by atoms with Crippen molar-refractivity contribution in [2.24, 2.45) is 10.6 Å². The third kappa shape index (κ3) is 4.51. The maximum Gasteiger partial charge on any atom is 0.238 e. The fourth-order valence-electron chi connectivity index (χ4n) is 2.96. The quantitative estimate of drug-likeness (QED) is 0.739. The van der Waals surface area contributed by atoms with Crippen LogP contribution in [-0.4, -0.2) is 26.7 Å². The summed E-state index contributed by atoms with van der Waals surface area (Å²) in [7, 11) is -3.62. The molecule has 0 heterocycles. The van der Waals surface area contributed by atoms with E-state index >= 15 is 0 Å². The van der Waals surface area contributed by atoms with Gasteiger partial charge in [-0.05, 0) is 30.5 Å². The van der Waals surface area contributed by atoms with Gasteiger partial charge in [0.2, 0.25) is 10.0 Å². The van der Waals surface area contributed by atoms with Crippen molar-refractivity contribution in [1.82, 2.24) is 5.32 Å². The number of nitrogens with one attached hydrogen (secondary N) is 1. The first kappa shape index (κ1) is 16.4. The van der Waals surface area contributed by atoms with Gasteiger partial charge in [0.1, 0.15) is 0 Å². The van der Waals surface area contributed by atoms with Crippen LogP contribution >= 0.6 is 0 Å². The highest BCUT2D eigenvalue weighted by atomic mass is 32.2. The number of aliphatic hydroxyl groups is 1. The molecular formula is C15H24N2O3S. The van der Waals surface area contributed by atoms with E-state index in [-0.39, 0.29) is 16.9 Å². The fraction of sp³-hybridized carbons (Fsp3) is 0.600. The first-order valence-electron chi connectivity index (χ1n) is 7.39. The van der Waals surface area contributed by atoms with Gasteiger partial charge in [0.25, 0.3) is 0 Å². The van der Waals surface area contributed by atoms with Gasteiger partial charge in [-0.1, -0.05) is 31.4 Å². The van der Waals surface area contributed by atoms with Crippen molar-refractivity contribution < 1.29 is 13.5 Å². The van der Waals surface area contributed by atoms with Crippen molar-refractivity contribution in [2.75, 3.05) is 13.2 Å². The van der Waals surface area contributed by atoms with Crippen LogP contribution in [0.3, 0.4) is 0 Å². The standard InChI is InChI=1S/C15H24N2O3S/c16-21(19,20)14-6-4-13(5-7-14)10-17-11-15(12-18)8-2-1-3-9-15/h4-7,17-18H,1-3,8-12H2,(H2,16,19,20). The number of primary sulfonamides is 1. The van der Waals surface area contributed by atoms with Gasteiger partial charge in [0, 0.05) is 25.1 Å². The van der Waals surface area contributed by atoms with E-state index < -0.39 is 10.0 Å². The Labute approximate surface area is 126 Å². The molecule has 0 amide bonds. The summed E-state index contributed by atoms with van der Waals surface area (Å²) in [4.78, 5) is 0.130. The van der Waals surface area contributed by atoms with Gasteiger partial charge in [0.15, 0.2) is 0 Å². The van der Waals surface area contributed by atoms with Gasteiger partial charge in [-0.2, -0.15) is 0 Å². The Kier molecular flexibility index (Phi) is 5.37. The minimum Gasteiger partial charge on any atom is -0.396 e. The van der Waals surface area contributed by atoms with Gasteiger partial charge in [-0.3, -0.25) is 0 Å². The molecule has 0 aliphatic heterocycles. The number of hydrogen-bond acceptors (Lipinski definition) is 4. The summed E-state index contributed by atoms with van der Waals surface area (Å²) in [5, 5.41) is 18.1. The fourth-order valence-corrected chi connectivity index (χ4v) is 3.48. The lowest BCUT2D eigenvalue weighted by atomic mass is 9.74. The lowest BCUT2D eigenvalue weighted by molar-refractivity contribution is 0.0810. The Hall–Kier alpha value is -0.950. The van der Waals surface area contributed by atoms with Crippen LogP contribution in [-0.2, 0) is 16.6 Å². The van der Waals surface area contributed by atoms with Crippen molar-refractivity contribution in [3.63, 3.8) is 0 Å². The van der Waals surface area contributed by atoms with Crippen molar-refractivity contribution in [1.29, 1.82) is 0 Å². The third-order valence-electron chi connectivity index (χ3n) is 4.33. The SMILES string of the molecule is NS(=O)(=O)c1ccc(CNCC2(CO)CCCCC2)cc1. The molecule has 0 saturated heterocycles. The van der Waals surface area contributed by atoms with Crippen molar-refractivity contribution in [3.05, 3.63) is 29.8 Å². The molecule has 1 saturated carbocycles. The second-order valence-corrected chi connectivity index (χ2v) is 7.57. The molecule has 0 bridgehead atoms. The van der Waals surface area contributed by atoms with Crippen LogP contribution in [0.2, 0.25) is 0 Å². The highest BCUT2D eigenvalue weighted by molar-refractivity contribution is 7.89. The summed E-state index contributed by atoms with van der Waals surface area (Å²) in [6.45, 7) is 1.68. The van der Waals surface area contributed by atoms with Crippen molar-refractivity contribution in [3.8, 4) is 0 Å². The van der Waals surface area contributed by atoms with Crippen LogP contribution < -0.4 is 10.5 Å². The van der Waals surface area contributed by atoms with Crippen LogP contribution in [0.1, 0.15) is 37.7 Å². The summed E-state index contributed by atoms with van der Waals surface area (Å²) in [5.41, 5.74) is 1.02. The summed E-state index contributed by atoms with van der Waals surface area (Å²) in [6.07, 6.45) is 5.77. The average Bonchev–Trinajstić information content (AvgIpc) is 2.48. The lowest BCUT2D eigenvalue weighted by Crippen LogP contribution is -2.38. The van der Waals surface area contributed by atoms with Gasteiger partial charge < -0.3 is 10.4 Å². The second-order valence-electron chi connectivity index (χ2n) is 6.01. The minimum absolute atomic E-state index is 0.0127. The minimum atomic E-state index is -3.62. The molecule has 21 heavy (non-hydrogen) atoms. The van der Waals surface area contributed by atoms with Gasteiger partial charge in [-0.15, -0.1) is 0 Å². The molecule has 1 aromatic carbocycles. The van der Waals surface area contributed by atoms with E-state index in [1.54, 1.807) is 12.1 Å². The number of aliphatic hydroxyl groups excluding tert-OH is 1. The molecule has 1 aliphatic carbocycles. The van der Waals surface area contributed by atoms with E-state index in [4.69, 9.17) is 5.14 Å². The summed E-state index contributed by atoms with van der Waals surface area (Å²) >= 11 is 0. The molecule has 0 radical (unpaired) electrons. The largest absolute Gasteiger partial charge is 0.396 e. The summed E-state index contributed by atoms with van der Waals surface area (Å²) < 4.78 is 22.4. The highest BCUT2D eigenvalue weighted by Gasteiger charge is 2.30. The van der Waals surface area contributed by atoms with Crippen molar-refractivity contribution >= 4 is 10.0 Å². The van der Waals surface area contributed by atoms with E-state index in [9.17, 15) is 13.5 Å². The van der Waals surface area contributed by atoms with Crippen molar-refractivity contribution in [2.45, 2.75) is 43.5 Å². The summed E-state index contributed by atoms with van der Waals surface area (Å²) in [6, 6.07) is 6.57. The third-order valence-corrected chi connectivity index (χ3v) is 5.26. The lowest BCUT2D eigenvalue weighted by Gasteiger charge is -2.35. The molecular weight excluding hydrogens is 288 g/mol. The van der Waals surface area contributed by atoms with Crippen LogP contribution in [0.4, 0.5) is 0 Å². The molecule has 0 aromatic heterocycles. The van der Waals surface area contributed by atoms with E-state index in [1.165, 1.54) is 31.4 Å².